The van der Waals surface area contributed by atoms with Crippen LogP contribution in [0, 0.1) is 6.92 Å². The predicted molar refractivity (Wildman–Crippen MR) is 79.2 cm³/mol. The minimum Gasteiger partial charge on any atom is -0.494 e. The number of ether oxygens (including phenoxy) is 2. The number of nitrogens with two attached hydrogens (primary N) is 1. The maximum atomic E-state index is 5.74. The van der Waals surface area contributed by atoms with Crippen LogP contribution in [-0.4, -0.2) is 11.6 Å². The third kappa shape index (κ3) is 3.96. The van der Waals surface area contributed by atoms with Gasteiger partial charge in [-0.25, -0.2) is 4.98 Å². The molecule has 0 spiro atoms. The lowest BCUT2D eigenvalue weighted by Gasteiger charge is -2.09. The average Bonchev–Trinajstić information content (AvgIpc) is 2.46. The highest BCUT2D eigenvalue weighted by Gasteiger charge is 2.03. The molecule has 4 nitrogen and oxygen atoms in total. The van der Waals surface area contributed by atoms with Crippen LogP contribution in [0.4, 0.5) is 0 Å². The first-order valence-electron chi connectivity index (χ1n) is 6.79. The normalized spacial score (nSPS) is 10.3. The first kappa shape index (κ1) is 14.3. The van der Waals surface area contributed by atoms with Crippen molar-refractivity contribution in [2.45, 2.75) is 26.8 Å². The fraction of sp³-hybridized carbons (Fsp3) is 0.312. The summed E-state index contributed by atoms with van der Waals surface area (Å²) in [6, 6.07) is 11.3. The lowest BCUT2D eigenvalue weighted by Crippen LogP contribution is -1.99. The van der Waals surface area contributed by atoms with Crippen molar-refractivity contribution < 1.29 is 9.47 Å². The van der Waals surface area contributed by atoms with Crippen LogP contribution in [0.5, 0.6) is 17.4 Å². The van der Waals surface area contributed by atoms with Crippen LogP contribution < -0.4 is 15.2 Å². The molecule has 0 radical (unpaired) electrons. The van der Waals surface area contributed by atoms with Crippen LogP contribution in [0.2, 0.25) is 0 Å². The first-order valence-corrected chi connectivity index (χ1v) is 6.79. The van der Waals surface area contributed by atoms with E-state index in [2.05, 4.69) is 11.9 Å². The molecule has 0 aliphatic carbocycles. The van der Waals surface area contributed by atoms with E-state index in [-0.39, 0.29) is 0 Å². The van der Waals surface area contributed by atoms with E-state index in [1.54, 1.807) is 0 Å². The van der Waals surface area contributed by atoms with Crippen molar-refractivity contribution in [3.05, 3.63) is 47.7 Å². The van der Waals surface area contributed by atoms with Crippen molar-refractivity contribution in [1.29, 1.82) is 0 Å². The summed E-state index contributed by atoms with van der Waals surface area (Å²) in [6.07, 6.45) is 0.993. The maximum absolute atomic E-state index is 5.74. The van der Waals surface area contributed by atoms with E-state index in [4.69, 9.17) is 15.2 Å². The summed E-state index contributed by atoms with van der Waals surface area (Å²) in [7, 11) is 0. The first-order chi connectivity index (χ1) is 9.71. The van der Waals surface area contributed by atoms with E-state index in [0.717, 1.165) is 35.8 Å². The Morgan fingerprint density at radius 1 is 1.10 bits per heavy atom. The van der Waals surface area contributed by atoms with Gasteiger partial charge < -0.3 is 15.2 Å². The molecule has 4 heteroatoms. The van der Waals surface area contributed by atoms with Gasteiger partial charge in [0, 0.05) is 18.3 Å². The van der Waals surface area contributed by atoms with Crippen LogP contribution in [0.3, 0.4) is 0 Å². The minimum absolute atomic E-state index is 0.476. The zero-order chi connectivity index (χ0) is 14.4. The molecule has 0 aliphatic rings. The molecule has 0 saturated heterocycles. The van der Waals surface area contributed by atoms with Gasteiger partial charge >= 0.3 is 0 Å². The number of hydrogen-bond donors (Lipinski definition) is 1. The number of aromatic nitrogens is 1. The van der Waals surface area contributed by atoms with Crippen molar-refractivity contribution in [3.8, 4) is 17.4 Å². The van der Waals surface area contributed by atoms with Gasteiger partial charge in [0.05, 0.1) is 6.61 Å². The van der Waals surface area contributed by atoms with Gasteiger partial charge in [0.25, 0.3) is 0 Å². The predicted octanol–water partition coefficient (Wildman–Crippen LogP) is 3.43. The summed E-state index contributed by atoms with van der Waals surface area (Å²) in [4.78, 5) is 4.34. The topological polar surface area (TPSA) is 57.4 Å². The van der Waals surface area contributed by atoms with E-state index in [0.29, 0.717) is 12.4 Å². The molecule has 2 N–H and O–H groups in total. The van der Waals surface area contributed by atoms with Crippen molar-refractivity contribution in [2.24, 2.45) is 5.73 Å². The number of hydrogen-bond acceptors (Lipinski definition) is 4. The zero-order valence-electron chi connectivity index (χ0n) is 11.9. The molecular weight excluding hydrogens is 252 g/mol. The quantitative estimate of drug-likeness (QED) is 0.875. The Bertz CT molecular complexity index is 553. The van der Waals surface area contributed by atoms with Crippen molar-refractivity contribution in [1.82, 2.24) is 4.98 Å². The Labute approximate surface area is 119 Å². The van der Waals surface area contributed by atoms with Crippen LogP contribution in [0.25, 0.3) is 0 Å². The number of pyridine rings is 1. The third-order valence-corrected chi connectivity index (χ3v) is 2.74. The minimum atomic E-state index is 0.476. The average molecular weight is 272 g/mol. The largest absolute Gasteiger partial charge is 0.494 e. The molecule has 2 rings (SSSR count). The molecule has 0 amide bonds. The molecule has 0 bridgehead atoms. The molecule has 0 saturated carbocycles. The highest BCUT2D eigenvalue weighted by molar-refractivity contribution is 5.34. The van der Waals surface area contributed by atoms with Crippen molar-refractivity contribution in [2.75, 3.05) is 6.61 Å². The SMILES string of the molecule is CCCOc1ccc(Oc2cc(CN)cc(C)n2)cc1. The molecule has 0 atom stereocenters. The summed E-state index contributed by atoms with van der Waals surface area (Å²) >= 11 is 0. The van der Waals surface area contributed by atoms with Crippen LogP contribution in [0.15, 0.2) is 36.4 Å². The molecule has 0 unspecified atom stereocenters. The van der Waals surface area contributed by atoms with Gasteiger partial charge in [-0.3, -0.25) is 0 Å². The fourth-order valence-electron chi connectivity index (χ4n) is 1.82. The van der Waals surface area contributed by atoms with Crippen LogP contribution >= 0.6 is 0 Å². The molecule has 0 aliphatic heterocycles. The van der Waals surface area contributed by atoms with Gasteiger partial charge in [-0.2, -0.15) is 0 Å². The number of benzene rings is 1. The Morgan fingerprint density at radius 3 is 2.45 bits per heavy atom. The molecule has 106 valence electrons. The van der Waals surface area contributed by atoms with E-state index in [9.17, 15) is 0 Å². The number of nitrogens with zero attached hydrogens (tertiary/aromatic N) is 1. The summed E-state index contributed by atoms with van der Waals surface area (Å²) < 4.78 is 11.3. The van der Waals surface area contributed by atoms with E-state index in [1.165, 1.54) is 0 Å². The van der Waals surface area contributed by atoms with Gasteiger partial charge in [0.2, 0.25) is 5.88 Å². The summed E-state index contributed by atoms with van der Waals surface area (Å²) in [5.74, 6) is 2.14. The molecule has 0 fully saturated rings. The Balaban J connectivity index is 2.07. The third-order valence-electron chi connectivity index (χ3n) is 2.74. The number of aryl methyl sites for hydroxylation is 1. The Kier molecular flexibility index (Phi) is 4.96. The van der Waals surface area contributed by atoms with Crippen molar-refractivity contribution >= 4 is 0 Å². The smallest absolute Gasteiger partial charge is 0.219 e. The van der Waals surface area contributed by atoms with Crippen LogP contribution in [0.1, 0.15) is 24.6 Å². The summed E-state index contributed by atoms with van der Waals surface area (Å²) in [6.45, 7) is 5.20. The second-order valence-electron chi connectivity index (χ2n) is 4.58. The Morgan fingerprint density at radius 2 is 1.80 bits per heavy atom. The van der Waals surface area contributed by atoms with E-state index in [1.807, 2.05) is 43.3 Å². The fourth-order valence-corrected chi connectivity index (χ4v) is 1.82. The van der Waals surface area contributed by atoms with Gasteiger partial charge in [0.1, 0.15) is 11.5 Å². The zero-order valence-corrected chi connectivity index (χ0v) is 11.9. The van der Waals surface area contributed by atoms with Gasteiger partial charge in [-0.05, 0) is 49.2 Å². The maximum Gasteiger partial charge on any atom is 0.219 e. The van der Waals surface area contributed by atoms with Crippen LogP contribution in [-0.2, 0) is 6.54 Å². The molecule has 20 heavy (non-hydrogen) atoms. The van der Waals surface area contributed by atoms with Gasteiger partial charge in [-0.15, -0.1) is 0 Å². The number of rotatable bonds is 6. The second-order valence-corrected chi connectivity index (χ2v) is 4.58. The molecule has 1 heterocycles. The van der Waals surface area contributed by atoms with E-state index < -0.39 is 0 Å². The summed E-state index contributed by atoms with van der Waals surface area (Å²) in [5.41, 5.74) is 7.55. The molecular formula is C16H20N2O2. The highest BCUT2D eigenvalue weighted by atomic mass is 16.5. The molecule has 1 aromatic heterocycles. The molecule has 2 aromatic rings. The summed E-state index contributed by atoms with van der Waals surface area (Å²) in [5, 5.41) is 0. The lowest BCUT2D eigenvalue weighted by molar-refractivity contribution is 0.317. The van der Waals surface area contributed by atoms with Gasteiger partial charge in [0.15, 0.2) is 0 Å². The lowest BCUT2D eigenvalue weighted by atomic mass is 10.2. The monoisotopic (exact) mass is 272 g/mol. The Hall–Kier alpha value is -2.07. The standard InChI is InChI=1S/C16H20N2O2/c1-3-8-19-14-4-6-15(7-5-14)20-16-10-13(11-17)9-12(2)18-16/h4-7,9-10H,3,8,11,17H2,1-2H3. The van der Waals surface area contributed by atoms with Crippen molar-refractivity contribution in [3.63, 3.8) is 0 Å². The van der Waals surface area contributed by atoms with E-state index >= 15 is 0 Å². The highest BCUT2D eigenvalue weighted by Crippen LogP contribution is 2.23. The molecule has 1 aromatic carbocycles. The van der Waals surface area contributed by atoms with Gasteiger partial charge in [-0.1, -0.05) is 6.92 Å². The second kappa shape index (κ2) is 6.91.